The lowest BCUT2D eigenvalue weighted by Crippen LogP contribution is -2.37. The van der Waals surface area contributed by atoms with Crippen LogP contribution in [0, 0.1) is 0 Å². The highest BCUT2D eigenvalue weighted by atomic mass is 35.5. The van der Waals surface area contributed by atoms with E-state index in [0.29, 0.717) is 33.9 Å². The maximum Gasteiger partial charge on any atom is 0.336 e. The molecule has 0 radical (unpaired) electrons. The van der Waals surface area contributed by atoms with Gasteiger partial charge >= 0.3 is 23.9 Å². The molecule has 4 atom stereocenters. The maximum absolute atomic E-state index is 13.2. The van der Waals surface area contributed by atoms with Crippen molar-refractivity contribution in [3.63, 3.8) is 0 Å². The van der Waals surface area contributed by atoms with Crippen LogP contribution in [-0.2, 0) is 69.9 Å². The van der Waals surface area contributed by atoms with Gasteiger partial charge in [-0.25, -0.2) is 27.6 Å². The van der Waals surface area contributed by atoms with Crippen LogP contribution in [0.2, 0.25) is 20.1 Å². The lowest BCUT2D eigenvalue weighted by molar-refractivity contribution is -0.140. The number of carbonyl (C=O) groups excluding carboxylic acids is 4. The van der Waals surface area contributed by atoms with E-state index in [9.17, 15) is 27.6 Å². The minimum Gasteiger partial charge on any atom is -0.466 e. The third kappa shape index (κ3) is 14.7. The highest BCUT2D eigenvalue weighted by Crippen LogP contribution is 2.45. The van der Waals surface area contributed by atoms with E-state index in [0.717, 1.165) is 0 Å². The summed E-state index contributed by atoms with van der Waals surface area (Å²) in [5, 5.41) is 12.9. The molecule has 396 valence electrons. The van der Waals surface area contributed by atoms with Crippen LogP contribution in [0.15, 0.2) is 99.1 Å². The van der Waals surface area contributed by atoms with Crippen molar-refractivity contribution < 1.29 is 61.5 Å². The Labute approximate surface area is 444 Å². The van der Waals surface area contributed by atoms with Crippen molar-refractivity contribution in [2.24, 2.45) is 29.1 Å². The van der Waals surface area contributed by atoms with Crippen molar-refractivity contribution in [3.05, 3.63) is 113 Å². The molecule has 2 aromatic carbocycles. The second kappa shape index (κ2) is 28.0. The molecule has 0 spiro atoms. The summed E-state index contributed by atoms with van der Waals surface area (Å²) < 4.78 is 69.5. The summed E-state index contributed by atoms with van der Waals surface area (Å²) in [6.07, 6.45) is 0. The highest BCUT2D eigenvalue weighted by Gasteiger charge is 2.42. The van der Waals surface area contributed by atoms with Gasteiger partial charge in [0.25, 0.3) is 22.3 Å². The number of methoxy groups -OCH3 is 2. The van der Waals surface area contributed by atoms with Gasteiger partial charge in [-0.05, 0) is 51.0 Å². The molecule has 0 aliphatic carbocycles. The minimum absolute atomic E-state index is 0. The van der Waals surface area contributed by atoms with Crippen molar-refractivity contribution >= 4 is 116 Å². The van der Waals surface area contributed by atoms with Gasteiger partial charge in [-0.15, -0.1) is 17.6 Å². The zero-order valence-electron chi connectivity index (χ0n) is 39.9. The molecule has 2 aromatic rings. The van der Waals surface area contributed by atoms with E-state index >= 15 is 0 Å². The van der Waals surface area contributed by atoms with Gasteiger partial charge in [0.2, 0.25) is 0 Å². The van der Waals surface area contributed by atoms with E-state index in [1.54, 1.807) is 64.1 Å². The molecule has 10 N–H and O–H groups in total. The number of halogens is 4. The molecule has 4 heterocycles. The molecule has 0 amide bonds. The first-order valence-corrected chi connectivity index (χ1v) is 25.2. The first kappa shape index (κ1) is 59.7. The molecular formula is C44H52Cl4N10O13S2. The average Bonchev–Trinajstić information content (AvgIpc) is 3.85. The summed E-state index contributed by atoms with van der Waals surface area (Å²) in [6, 6.07) is 9.92. The molecule has 0 saturated carbocycles. The van der Waals surface area contributed by atoms with Crippen molar-refractivity contribution in [1.82, 2.24) is 21.3 Å². The van der Waals surface area contributed by atoms with Crippen LogP contribution in [0.25, 0.3) is 0 Å². The van der Waals surface area contributed by atoms with Gasteiger partial charge in [-0.1, -0.05) is 70.7 Å². The Morgan fingerprint density at radius 3 is 1.30 bits per heavy atom. The number of nitrogens with one attached hydrogen (secondary N) is 4. The lowest BCUT2D eigenvalue weighted by Gasteiger charge is -2.32. The van der Waals surface area contributed by atoms with Crippen LogP contribution in [0.1, 0.15) is 50.7 Å². The third-order valence-electron chi connectivity index (χ3n) is 10.4. The van der Waals surface area contributed by atoms with Crippen LogP contribution >= 0.6 is 46.4 Å². The van der Waals surface area contributed by atoms with E-state index in [1.165, 1.54) is 14.2 Å². The first-order valence-electron chi connectivity index (χ1n) is 21.5. The summed E-state index contributed by atoms with van der Waals surface area (Å²) in [6.45, 7) is 7.78. The van der Waals surface area contributed by atoms with Crippen LogP contribution in [0.4, 0.5) is 0 Å². The summed E-state index contributed by atoms with van der Waals surface area (Å²) in [5.41, 5.74) is 14.5. The number of hydrogen-bond acceptors (Lipinski definition) is 18. The van der Waals surface area contributed by atoms with E-state index in [-0.39, 0.29) is 124 Å². The van der Waals surface area contributed by atoms with Crippen molar-refractivity contribution in [1.29, 1.82) is 0 Å². The predicted molar refractivity (Wildman–Crippen MR) is 277 cm³/mol. The van der Waals surface area contributed by atoms with Crippen LogP contribution < -0.4 is 32.7 Å². The third-order valence-corrected chi connectivity index (χ3v) is 13.5. The zero-order chi connectivity index (χ0) is 52.8. The molecule has 29 heteroatoms. The number of amidine groups is 4. The number of ether oxygens (including phenoxy) is 6. The molecular weight excluding hydrogens is 1080 g/mol. The zero-order valence-corrected chi connectivity index (χ0v) is 44.6. The topological polar surface area (TPSA) is 339 Å². The molecule has 23 nitrogen and oxygen atoms in total. The number of hydrogen-bond donors (Lipinski definition) is 6. The van der Waals surface area contributed by atoms with Gasteiger partial charge in [0.1, 0.15) is 0 Å². The minimum atomic E-state index is -1.73. The number of allylic oxidation sites excluding steroid dienone is 2. The average molecular weight is 1130 g/mol. The number of carbonyl (C=O) groups is 4. The SMILES string of the molecule is CCOC(=O)C1=C(COCCNC2=NS(=O)N=C2N)NC(C)=C(C(=O)OC)C1c1cccc(Cl)c1Cl.CCOC(=O)C1=C(COCCNC2=NS(=O)N=C2N)NC(C)=C(C(=O)OC)C1c1cccc(Cl)c1Cl.O. The van der Waals surface area contributed by atoms with Crippen LogP contribution in [0.3, 0.4) is 0 Å². The van der Waals surface area contributed by atoms with Gasteiger partial charge < -0.3 is 66.6 Å². The number of esters is 4. The molecule has 4 aliphatic heterocycles. The Balaban J connectivity index is 0.000000312. The highest BCUT2D eigenvalue weighted by molar-refractivity contribution is 7.83. The Morgan fingerprint density at radius 2 is 0.986 bits per heavy atom. The van der Waals surface area contributed by atoms with E-state index in [1.807, 2.05) is 0 Å². The van der Waals surface area contributed by atoms with Crippen molar-refractivity contribution in [2.45, 2.75) is 39.5 Å². The van der Waals surface area contributed by atoms with Gasteiger partial charge in [0.15, 0.2) is 23.3 Å². The molecule has 0 saturated heterocycles. The fourth-order valence-corrected chi connectivity index (χ4v) is 9.47. The van der Waals surface area contributed by atoms with Crippen LogP contribution in [-0.4, -0.2) is 128 Å². The number of rotatable bonds is 18. The van der Waals surface area contributed by atoms with Gasteiger partial charge in [-0.3, -0.25) is 0 Å². The predicted octanol–water partition coefficient (Wildman–Crippen LogP) is 2.97. The number of dihydropyridines is 2. The monoisotopic (exact) mass is 1130 g/mol. The lowest BCUT2D eigenvalue weighted by atomic mass is 9.80. The molecule has 4 unspecified atom stereocenters. The number of nitrogens with two attached hydrogens (primary N) is 2. The smallest absolute Gasteiger partial charge is 0.336 e. The normalized spacial score (nSPS) is 19.2. The molecule has 0 aromatic heterocycles. The first-order chi connectivity index (χ1) is 34.4. The second-order valence-corrected chi connectivity index (χ2v) is 18.2. The molecule has 4 aliphatic rings. The fourth-order valence-electron chi connectivity index (χ4n) is 7.41. The molecule has 0 bridgehead atoms. The van der Waals surface area contributed by atoms with E-state index in [2.05, 4.69) is 38.9 Å². The standard InChI is InChI=1S/2C22H25Cl2N5O6S.H2O/c2*1-4-35-22(31)17-14(10-34-9-8-26-20-19(25)28-36(32)29-20)27-11(2)15(21(30)33-3)16(17)12-6-5-7-13(23)18(12)24;/h2*5-7,16,27H,4,8-10H2,1-3H3,(H2,25,28)(H,26,29);1H2. The molecule has 0 fully saturated rings. The van der Waals surface area contributed by atoms with Crippen LogP contribution in [0.5, 0.6) is 0 Å². The van der Waals surface area contributed by atoms with Crippen molar-refractivity contribution in [3.8, 4) is 0 Å². The van der Waals surface area contributed by atoms with E-state index in [4.69, 9.17) is 86.3 Å². The fraction of sp³-hybridized carbons (Fsp3) is 0.364. The second-order valence-electron chi connectivity index (χ2n) is 14.9. The number of benzene rings is 2. The van der Waals surface area contributed by atoms with Gasteiger partial charge in [0.05, 0.1) is 119 Å². The molecule has 6 rings (SSSR count). The summed E-state index contributed by atoms with van der Waals surface area (Å²) in [5.74, 6) is -3.88. The Hall–Kier alpha value is -5.90. The largest absolute Gasteiger partial charge is 0.466 e. The van der Waals surface area contributed by atoms with Gasteiger partial charge in [0, 0.05) is 24.5 Å². The maximum atomic E-state index is 13.2. The Kier molecular flexibility index (Phi) is 22.8. The summed E-state index contributed by atoms with van der Waals surface area (Å²) in [4.78, 5) is 51.9. The summed E-state index contributed by atoms with van der Waals surface area (Å²) in [7, 11) is 2.50. The number of nitrogens with zero attached hydrogens (tertiary/aromatic N) is 4. The quantitative estimate of drug-likeness (QED) is 0.0710. The van der Waals surface area contributed by atoms with E-state index < -0.39 is 58.1 Å². The Bertz CT molecular complexity index is 2610. The Morgan fingerprint density at radius 1 is 0.616 bits per heavy atom. The summed E-state index contributed by atoms with van der Waals surface area (Å²) >= 11 is 22.1. The van der Waals surface area contributed by atoms with Gasteiger partial charge in [-0.2, -0.15) is 0 Å². The van der Waals surface area contributed by atoms with Crippen molar-refractivity contribution in [2.75, 3.05) is 67.0 Å². The molecule has 73 heavy (non-hydrogen) atoms.